The number of benzene rings is 1. The molecule has 0 spiro atoms. The van der Waals surface area contributed by atoms with Crippen molar-refractivity contribution in [3.05, 3.63) is 64.7 Å². The fourth-order valence-electron chi connectivity index (χ4n) is 4.07. The summed E-state index contributed by atoms with van der Waals surface area (Å²) in [5, 5.41) is 10.8. The molecule has 0 saturated carbocycles. The number of rotatable bonds is 6. The van der Waals surface area contributed by atoms with Gasteiger partial charge in [0.25, 0.3) is 0 Å². The lowest BCUT2D eigenvalue weighted by Gasteiger charge is -2.22. The predicted octanol–water partition coefficient (Wildman–Crippen LogP) is 4.41. The molecule has 0 aliphatic carbocycles. The lowest BCUT2D eigenvalue weighted by molar-refractivity contribution is -0.116. The van der Waals surface area contributed by atoms with Gasteiger partial charge in [-0.2, -0.15) is 5.10 Å². The van der Waals surface area contributed by atoms with Crippen LogP contribution in [0.2, 0.25) is 0 Å². The van der Waals surface area contributed by atoms with E-state index in [1.807, 2.05) is 58.0 Å². The number of hydrogen-bond donors (Lipinski definition) is 2. The fraction of sp³-hybridized carbons (Fsp3) is 0.400. The summed E-state index contributed by atoms with van der Waals surface area (Å²) in [6.07, 6.45) is 2.20. The average Bonchev–Trinajstić information content (AvgIpc) is 3.01. The number of carbonyl (C=O) groups excluding carboxylic acids is 1. The van der Waals surface area contributed by atoms with Gasteiger partial charge in [-0.05, 0) is 83.5 Å². The normalized spacial score (nSPS) is 14.4. The molecule has 0 unspecified atom stereocenters. The number of nitrogens with one attached hydrogen (secondary N) is 2. The Morgan fingerprint density at radius 2 is 1.81 bits per heavy atom. The number of carbonyl (C=O) groups is 1. The molecule has 1 amide bonds. The van der Waals surface area contributed by atoms with Crippen LogP contribution in [-0.4, -0.2) is 33.8 Å². The molecule has 1 saturated heterocycles. The van der Waals surface area contributed by atoms with E-state index >= 15 is 0 Å². The first-order valence-corrected chi connectivity index (χ1v) is 11.2. The van der Waals surface area contributed by atoms with E-state index in [2.05, 4.69) is 21.8 Å². The SMILES string of the molecule is Cc1cc(Oc2ccc(NC(=O)Cn3nc(C)c(C)c3C)cc2)cc(C2CCNCC2)n1. The van der Waals surface area contributed by atoms with Crippen molar-refractivity contribution < 1.29 is 9.53 Å². The highest BCUT2D eigenvalue weighted by Gasteiger charge is 2.18. The van der Waals surface area contributed by atoms with Gasteiger partial charge >= 0.3 is 0 Å². The molecule has 0 radical (unpaired) electrons. The Hall–Kier alpha value is -3.19. The molecule has 2 aromatic heterocycles. The third kappa shape index (κ3) is 5.16. The Morgan fingerprint density at radius 3 is 2.47 bits per heavy atom. The first-order chi connectivity index (χ1) is 15.4. The molecule has 1 aliphatic heterocycles. The Bertz CT molecular complexity index is 1100. The summed E-state index contributed by atoms with van der Waals surface area (Å²) in [6.45, 7) is 10.2. The summed E-state index contributed by atoms with van der Waals surface area (Å²) in [6, 6.07) is 11.4. The van der Waals surface area contributed by atoms with Gasteiger partial charge in [0.05, 0.1) is 5.69 Å². The number of ether oxygens (including phenoxy) is 1. The van der Waals surface area contributed by atoms with Crippen LogP contribution in [0.4, 0.5) is 5.69 Å². The number of piperidine rings is 1. The van der Waals surface area contributed by atoms with E-state index in [4.69, 9.17) is 9.72 Å². The van der Waals surface area contributed by atoms with Crippen LogP contribution in [0, 0.1) is 27.7 Å². The number of aromatic nitrogens is 3. The highest BCUT2D eigenvalue weighted by molar-refractivity contribution is 5.90. The van der Waals surface area contributed by atoms with Crippen LogP contribution in [0.1, 0.15) is 47.1 Å². The minimum absolute atomic E-state index is 0.111. The maximum absolute atomic E-state index is 12.4. The molecule has 0 atom stereocenters. The van der Waals surface area contributed by atoms with Gasteiger partial charge in [0.2, 0.25) is 5.91 Å². The first-order valence-electron chi connectivity index (χ1n) is 11.2. The van der Waals surface area contributed by atoms with E-state index in [0.29, 0.717) is 5.92 Å². The van der Waals surface area contributed by atoms with Crippen LogP contribution < -0.4 is 15.4 Å². The van der Waals surface area contributed by atoms with Crippen LogP contribution >= 0.6 is 0 Å². The Morgan fingerprint density at radius 1 is 1.09 bits per heavy atom. The van der Waals surface area contributed by atoms with E-state index in [9.17, 15) is 4.79 Å². The van der Waals surface area contributed by atoms with Crippen LogP contribution in [0.25, 0.3) is 0 Å². The van der Waals surface area contributed by atoms with Crippen molar-refractivity contribution in [1.82, 2.24) is 20.1 Å². The maximum atomic E-state index is 12.4. The number of amides is 1. The largest absolute Gasteiger partial charge is 0.457 e. The molecule has 1 fully saturated rings. The standard InChI is InChI=1S/C25H31N5O2/c1-16-13-23(14-24(27-16)20-9-11-26-12-10-20)32-22-7-5-21(6-8-22)28-25(31)15-30-19(4)17(2)18(3)29-30/h5-8,13-14,20,26H,9-12,15H2,1-4H3,(H,28,31). The van der Waals surface area contributed by atoms with Gasteiger partial charge in [0.15, 0.2) is 0 Å². The first kappa shape index (κ1) is 22.0. The van der Waals surface area contributed by atoms with Crippen molar-refractivity contribution in [2.45, 2.75) is 53.0 Å². The Labute approximate surface area is 189 Å². The summed E-state index contributed by atoms with van der Waals surface area (Å²) < 4.78 is 7.83. The minimum atomic E-state index is -0.111. The quantitative estimate of drug-likeness (QED) is 0.602. The molecule has 3 heterocycles. The van der Waals surface area contributed by atoms with Gasteiger partial charge in [-0.15, -0.1) is 0 Å². The topological polar surface area (TPSA) is 81.1 Å². The van der Waals surface area contributed by atoms with Crippen LogP contribution in [0.3, 0.4) is 0 Å². The molecular formula is C25H31N5O2. The lowest BCUT2D eigenvalue weighted by atomic mass is 9.94. The zero-order chi connectivity index (χ0) is 22.7. The zero-order valence-corrected chi connectivity index (χ0v) is 19.2. The highest BCUT2D eigenvalue weighted by atomic mass is 16.5. The second-order valence-electron chi connectivity index (χ2n) is 8.52. The third-order valence-electron chi connectivity index (χ3n) is 6.11. The van der Waals surface area contributed by atoms with E-state index in [-0.39, 0.29) is 12.5 Å². The molecule has 7 heteroatoms. The Balaban J connectivity index is 1.39. The summed E-state index contributed by atoms with van der Waals surface area (Å²) in [5.74, 6) is 1.88. The minimum Gasteiger partial charge on any atom is -0.457 e. The average molecular weight is 434 g/mol. The summed E-state index contributed by atoms with van der Waals surface area (Å²) in [7, 11) is 0. The second-order valence-corrected chi connectivity index (χ2v) is 8.52. The molecule has 32 heavy (non-hydrogen) atoms. The lowest BCUT2D eigenvalue weighted by Crippen LogP contribution is -2.27. The van der Waals surface area contributed by atoms with Gasteiger partial charge in [-0.3, -0.25) is 14.5 Å². The number of hydrogen-bond acceptors (Lipinski definition) is 5. The van der Waals surface area contributed by atoms with Crippen molar-refractivity contribution in [2.75, 3.05) is 18.4 Å². The van der Waals surface area contributed by atoms with Crippen LogP contribution in [0.15, 0.2) is 36.4 Å². The Kier molecular flexibility index (Phi) is 6.55. The molecular weight excluding hydrogens is 402 g/mol. The maximum Gasteiger partial charge on any atom is 0.246 e. The van der Waals surface area contributed by atoms with Crippen molar-refractivity contribution in [3.8, 4) is 11.5 Å². The molecule has 1 aliphatic rings. The molecule has 168 valence electrons. The van der Waals surface area contributed by atoms with E-state index < -0.39 is 0 Å². The van der Waals surface area contributed by atoms with Gasteiger partial charge in [-0.1, -0.05) is 0 Å². The number of pyridine rings is 1. The molecule has 7 nitrogen and oxygen atoms in total. The molecule has 2 N–H and O–H groups in total. The van der Waals surface area contributed by atoms with Crippen molar-refractivity contribution in [2.24, 2.45) is 0 Å². The predicted molar refractivity (Wildman–Crippen MR) is 125 cm³/mol. The van der Waals surface area contributed by atoms with Gasteiger partial charge in [-0.25, -0.2) is 0 Å². The third-order valence-corrected chi connectivity index (χ3v) is 6.11. The highest BCUT2D eigenvalue weighted by Crippen LogP contribution is 2.29. The van der Waals surface area contributed by atoms with Gasteiger partial charge in [0, 0.05) is 40.8 Å². The van der Waals surface area contributed by atoms with Crippen molar-refractivity contribution in [3.63, 3.8) is 0 Å². The number of anilines is 1. The van der Waals surface area contributed by atoms with E-state index in [1.54, 1.807) is 4.68 Å². The zero-order valence-electron chi connectivity index (χ0n) is 19.2. The van der Waals surface area contributed by atoms with Gasteiger partial charge < -0.3 is 15.4 Å². The molecule has 0 bridgehead atoms. The summed E-state index contributed by atoms with van der Waals surface area (Å²) in [5.41, 5.74) is 5.87. The molecule has 4 rings (SSSR count). The van der Waals surface area contributed by atoms with E-state index in [0.717, 1.165) is 71.5 Å². The smallest absolute Gasteiger partial charge is 0.246 e. The molecule has 1 aromatic carbocycles. The van der Waals surface area contributed by atoms with Crippen molar-refractivity contribution >= 4 is 11.6 Å². The second kappa shape index (κ2) is 9.53. The summed E-state index contributed by atoms with van der Waals surface area (Å²) in [4.78, 5) is 17.2. The van der Waals surface area contributed by atoms with Crippen LogP contribution in [-0.2, 0) is 11.3 Å². The van der Waals surface area contributed by atoms with Crippen molar-refractivity contribution in [1.29, 1.82) is 0 Å². The monoisotopic (exact) mass is 433 g/mol. The van der Waals surface area contributed by atoms with Gasteiger partial charge in [0.1, 0.15) is 18.0 Å². The summed E-state index contributed by atoms with van der Waals surface area (Å²) >= 11 is 0. The van der Waals surface area contributed by atoms with Crippen LogP contribution in [0.5, 0.6) is 11.5 Å². The number of nitrogens with zero attached hydrogens (tertiary/aromatic N) is 3. The number of aryl methyl sites for hydroxylation is 2. The molecule has 3 aromatic rings. The fourth-order valence-corrected chi connectivity index (χ4v) is 4.07. The van der Waals surface area contributed by atoms with E-state index in [1.165, 1.54) is 0 Å².